The topological polar surface area (TPSA) is 175 Å². The molecule has 5 rings (SSSR count). The van der Waals surface area contributed by atoms with E-state index in [2.05, 4.69) is 25.6 Å². The van der Waals surface area contributed by atoms with Crippen LogP contribution in [0, 0.1) is 0 Å². The van der Waals surface area contributed by atoms with Crippen molar-refractivity contribution in [1.29, 1.82) is 0 Å². The quantitative estimate of drug-likeness (QED) is 0.217. The molecule has 1 fully saturated rings. The highest BCUT2D eigenvalue weighted by molar-refractivity contribution is 5.95. The smallest absolute Gasteiger partial charge is 0.251 e. The van der Waals surface area contributed by atoms with Crippen LogP contribution in [-0.4, -0.2) is 70.7 Å². The number of aliphatic hydroxyl groups is 2. The fourth-order valence-corrected chi connectivity index (χ4v) is 4.10. The summed E-state index contributed by atoms with van der Waals surface area (Å²) in [5.74, 6) is -0.613. The molecule has 4 atom stereocenters. The molecular weight excluding hydrogens is 468 g/mol. The van der Waals surface area contributed by atoms with Crippen molar-refractivity contribution in [3.8, 4) is 11.5 Å². The van der Waals surface area contributed by atoms with Crippen molar-refractivity contribution in [1.82, 2.24) is 24.8 Å². The van der Waals surface area contributed by atoms with Gasteiger partial charge >= 0.3 is 0 Å². The monoisotopic (exact) mass is 492 g/mol. The Hall–Kier alpha value is -4.26. The van der Waals surface area contributed by atoms with Crippen LogP contribution in [0.25, 0.3) is 11.2 Å². The van der Waals surface area contributed by atoms with Crippen LogP contribution in [0.1, 0.15) is 22.1 Å². The minimum Gasteiger partial charge on any atom is -0.508 e. The maximum Gasteiger partial charge on any atom is 0.251 e. The van der Waals surface area contributed by atoms with Crippen molar-refractivity contribution in [2.45, 2.75) is 31.1 Å². The van der Waals surface area contributed by atoms with Gasteiger partial charge in [-0.3, -0.25) is 9.36 Å². The van der Waals surface area contributed by atoms with Crippen LogP contribution >= 0.6 is 0 Å². The first-order chi connectivity index (χ1) is 17.4. The minimum absolute atomic E-state index is 0.0323. The van der Waals surface area contributed by atoms with Gasteiger partial charge in [-0.25, -0.2) is 15.0 Å². The van der Waals surface area contributed by atoms with Gasteiger partial charge in [0.25, 0.3) is 5.91 Å². The molecule has 1 amide bonds. The molecular formula is C24H24N6O6. The molecule has 0 bridgehead atoms. The van der Waals surface area contributed by atoms with Crippen molar-refractivity contribution >= 4 is 22.9 Å². The van der Waals surface area contributed by atoms with Gasteiger partial charge in [0.2, 0.25) is 0 Å². The molecule has 12 nitrogen and oxygen atoms in total. The molecule has 1 unspecified atom stereocenters. The lowest BCUT2D eigenvalue weighted by molar-refractivity contribution is -0.0337. The number of benzene rings is 2. The van der Waals surface area contributed by atoms with Gasteiger partial charge in [0.15, 0.2) is 23.2 Å². The van der Waals surface area contributed by atoms with E-state index in [1.807, 2.05) is 30.3 Å². The standard InChI is InChI=1S/C24H24N6O6/c31-15-6-14(7-16(32)8-15)23(35)26-10-17-19(33)20(34)24(36-17)30-12-29-18-21(27-11-28-22(18)30)25-9-13-4-2-1-3-5-13/h1-8,11-12,17,19-20,24,31-34H,9-10H2,(H,26,35)(H,25,27,28)/t17-,19-,20-,24?/m1/s1. The number of phenolic OH excluding ortho intramolecular Hbond substituents is 2. The van der Waals surface area contributed by atoms with Gasteiger partial charge in [0.1, 0.15) is 36.1 Å². The van der Waals surface area contributed by atoms with Gasteiger partial charge in [-0.1, -0.05) is 30.3 Å². The van der Waals surface area contributed by atoms with E-state index in [1.54, 1.807) is 0 Å². The number of aliphatic hydroxyl groups excluding tert-OH is 2. The molecule has 1 saturated heterocycles. The fraction of sp³-hybridized carbons (Fsp3) is 0.250. The first-order valence-corrected chi connectivity index (χ1v) is 11.2. The molecule has 0 saturated carbocycles. The number of hydrogen-bond donors (Lipinski definition) is 6. The zero-order chi connectivity index (χ0) is 25.2. The number of amides is 1. The van der Waals surface area contributed by atoms with Crippen LogP contribution in [-0.2, 0) is 11.3 Å². The summed E-state index contributed by atoms with van der Waals surface area (Å²) in [7, 11) is 0. The molecule has 36 heavy (non-hydrogen) atoms. The molecule has 0 aliphatic carbocycles. The number of fused-ring (bicyclic) bond motifs is 1. The number of hydrogen-bond acceptors (Lipinski definition) is 10. The van der Waals surface area contributed by atoms with Gasteiger partial charge in [0, 0.05) is 24.7 Å². The van der Waals surface area contributed by atoms with Crippen LogP contribution in [0.2, 0.25) is 0 Å². The van der Waals surface area contributed by atoms with E-state index in [0.717, 1.165) is 11.6 Å². The number of rotatable bonds is 7. The number of imidazole rings is 1. The van der Waals surface area contributed by atoms with E-state index in [4.69, 9.17) is 4.74 Å². The third-order valence-corrected chi connectivity index (χ3v) is 5.90. The number of ether oxygens (including phenoxy) is 1. The second-order valence-electron chi connectivity index (χ2n) is 8.38. The third-order valence-electron chi connectivity index (χ3n) is 5.90. The zero-order valence-corrected chi connectivity index (χ0v) is 18.9. The number of anilines is 1. The zero-order valence-electron chi connectivity index (χ0n) is 18.9. The van der Waals surface area contributed by atoms with E-state index in [0.29, 0.717) is 23.5 Å². The van der Waals surface area contributed by atoms with Gasteiger partial charge in [-0.2, -0.15) is 0 Å². The van der Waals surface area contributed by atoms with E-state index in [1.165, 1.54) is 29.4 Å². The Morgan fingerprint density at radius 2 is 1.75 bits per heavy atom. The Morgan fingerprint density at radius 1 is 1.00 bits per heavy atom. The number of phenols is 2. The maximum absolute atomic E-state index is 12.4. The van der Waals surface area contributed by atoms with E-state index in [9.17, 15) is 25.2 Å². The third kappa shape index (κ3) is 4.64. The van der Waals surface area contributed by atoms with Crippen LogP contribution in [0.3, 0.4) is 0 Å². The number of carbonyl (C=O) groups excluding carboxylic acids is 1. The van der Waals surface area contributed by atoms with Crippen molar-refractivity contribution in [2.24, 2.45) is 0 Å². The second-order valence-corrected chi connectivity index (χ2v) is 8.38. The fourth-order valence-electron chi connectivity index (χ4n) is 4.10. The van der Waals surface area contributed by atoms with Crippen molar-refractivity contribution in [2.75, 3.05) is 11.9 Å². The first kappa shape index (κ1) is 23.5. The van der Waals surface area contributed by atoms with E-state index in [-0.39, 0.29) is 23.6 Å². The SMILES string of the molecule is O=C(NC[C@H]1OC(n2cnc3c(NCc4ccccc4)ncnc32)[C@H](O)[C@@H]1O)c1cc(O)cc(O)c1. The average molecular weight is 492 g/mol. The van der Waals surface area contributed by atoms with Gasteiger partial charge in [-0.15, -0.1) is 0 Å². The molecule has 4 aromatic rings. The minimum atomic E-state index is -1.31. The molecule has 3 heterocycles. The lowest BCUT2D eigenvalue weighted by Crippen LogP contribution is -2.39. The van der Waals surface area contributed by atoms with Gasteiger partial charge in [-0.05, 0) is 17.7 Å². The largest absolute Gasteiger partial charge is 0.508 e. The van der Waals surface area contributed by atoms with Gasteiger partial charge < -0.3 is 35.8 Å². The molecule has 1 aliphatic rings. The Labute approximate surface area is 204 Å². The summed E-state index contributed by atoms with van der Waals surface area (Å²) in [6.45, 7) is 0.398. The predicted octanol–water partition coefficient (Wildman–Crippen LogP) is 0.899. The number of nitrogens with zero attached hydrogens (tertiary/aromatic N) is 4. The normalized spacial score (nSPS) is 21.5. The summed E-state index contributed by atoms with van der Waals surface area (Å²) in [6, 6.07) is 13.3. The highest BCUT2D eigenvalue weighted by Gasteiger charge is 2.44. The Kier molecular flexibility index (Phi) is 6.38. The number of aromatic nitrogens is 4. The summed E-state index contributed by atoms with van der Waals surface area (Å²) >= 11 is 0. The summed E-state index contributed by atoms with van der Waals surface area (Å²) in [6.07, 6.45) is -1.74. The van der Waals surface area contributed by atoms with E-state index >= 15 is 0 Å². The Morgan fingerprint density at radius 3 is 2.50 bits per heavy atom. The van der Waals surface area contributed by atoms with Crippen LogP contribution in [0.15, 0.2) is 61.2 Å². The molecule has 12 heteroatoms. The van der Waals surface area contributed by atoms with Crippen molar-refractivity contribution < 1.29 is 30.0 Å². The van der Waals surface area contributed by atoms with Crippen LogP contribution < -0.4 is 10.6 Å². The Bertz CT molecular complexity index is 1360. The summed E-state index contributed by atoms with van der Waals surface area (Å²) in [5, 5.41) is 46.2. The second kappa shape index (κ2) is 9.77. The summed E-state index contributed by atoms with van der Waals surface area (Å²) in [4.78, 5) is 25.3. The molecule has 186 valence electrons. The van der Waals surface area contributed by atoms with Crippen molar-refractivity contribution in [3.63, 3.8) is 0 Å². The first-order valence-electron chi connectivity index (χ1n) is 11.2. The molecule has 6 N–H and O–H groups in total. The lowest BCUT2D eigenvalue weighted by atomic mass is 10.1. The molecule has 0 spiro atoms. The molecule has 2 aromatic heterocycles. The highest BCUT2D eigenvalue weighted by Crippen LogP contribution is 2.32. The van der Waals surface area contributed by atoms with Crippen LogP contribution in [0.5, 0.6) is 11.5 Å². The number of aromatic hydroxyl groups is 2. The van der Waals surface area contributed by atoms with Crippen LogP contribution in [0.4, 0.5) is 5.82 Å². The van der Waals surface area contributed by atoms with Crippen molar-refractivity contribution in [3.05, 3.63) is 72.3 Å². The van der Waals surface area contributed by atoms with Gasteiger partial charge in [0.05, 0.1) is 6.33 Å². The summed E-state index contributed by atoms with van der Waals surface area (Å²) in [5.41, 5.74) is 1.97. The lowest BCUT2D eigenvalue weighted by Gasteiger charge is -2.16. The molecule has 0 radical (unpaired) electrons. The highest BCUT2D eigenvalue weighted by atomic mass is 16.6. The molecule has 1 aliphatic heterocycles. The Balaban J connectivity index is 1.29. The average Bonchev–Trinajstić information content (AvgIpc) is 3.42. The van der Waals surface area contributed by atoms with E-state index < -0.39 is 30.4 Å². The summed E-state index contributed by atoms with van der Waals surface area (Å²) < 4.78 is 7.38. The number of carbonyl (C=O) groups is 1. The number of nitrogens with one attached hydrogen (secondary N) is 2. The molecule has 2 aromatic carbocycles. The predicted molar refractivity (Wildman–Crippen MR) is 127 cm³/mol. The maximum atomic E-state index is 12.4.